The molecule has 1 aromatic heterocycles. The molecule has 1 aromatic carbocycles. The van der Waals surface area contributed by atoms with Crippen molar-refractivity contribution in [3.05, 3.63) is 58.3 Å². The summed E-state index contributed by atoms with van der Waals surface area (Å²) >= 11 is 13.7. The molecule has 0 saturated carbocycles. The van der Waals surface area contributed by atoms with Gasteiger partial charge in [-0.15, -0.1) is 0 Å². The van der Waals surface area contributed by atoms with Gasteiger partial charge in [0.25, 0.3) is 5.91 Å². The Balaban J connectivity index is 1.64. The van der Waals surface area contributed by atoms with Crippen molar-refractivity contribution in [2.45, 2.75) is 31.3 Å². The summed E-state index contributed by atoms with van der Waals surface area (Å²) in [6, 6.07) is 8.63. The van der Waals surface area contributed by atoms with Gasteiger partial charge in [-0.05, 0) is 61.6 Å². The van der Waals surface area contributed by atoms with Crippen molar-refractivity contribution in [3.63, 3.8) is 0 Å². The molecule has 1 atom stereocenters. The molecule has 156 valence electrons. The van der Waals surface area contributed by atoms with Gasteiger partial charge in [-0.2, -0.15) is 11.8 Å². The van der Waals surface area contributed by atoms with Crippen LogP contribution in [-0.4, -0.2) is 52.4 Å². The van der Waals surface area contributed by atoms with E-state index >= 15 is 0 Å². The van der Waals surface area contributed by atoms with Gasteiger partial charge in [-0.1, -0.05) is 23.2 Å². The summed E-state index contributed by atoms with van der Waals surface area (Å²) < 4.78 is 2.21. The molecule has 1 N–H and O–H groups in total. The van der Waals surface area contributed by atoms with E-state index in [1.165, 1.54) is 6.07 Å². The van der Waals surface area contributed by atoms with E-state index in [2.05, 4.69) is 22.3 Å². The molecule has 8 heteroatoms. The van der Waals surface area contributed by atoms with Gasteiger partial charge in [0.15, 0.2) is 0 Å². The lowest BCUT2D eigenvalue weighted by atomic mass is 10.0. The summed E-state index contributed by atoms with van der Waals surface area (Å²) in [4.78, 5) is 27.7. The number of carbonyl (C=O) groups excluding carboxylic acids is 2. The van der Waals surface area contributed by atoms with E-state index in [0.717, 1.165) is 18.6 Å². The molecule has 1 aliphatic heterocycles. The highest BCUT2D eigenvalue weighted by Crippen LogP contribution is 2.24. The number of aromatic nitrogens is 1. The number of likely N-dealkylation sites (tertiary alicyclic amines) is 1. The second-order valence-corrected chi connectivity index (χ2v) is 8.95. The maximum absolute atomic E-state index is 13.1. The van der Waals surface area contributed by atoms with E-state index in [-0.39, 0.29) is 16.8 Å². The first-order chi connectivity index (χ1) is 14.0. The van der Waals surface area contributed by atoms with Crippen LogP contribution in [0.4, 0.5) is 0 Å². The fourth-order valence-electron chi connectivity index (χ4n) is 3.60. The number of hydrogen-bond acceptors (Lipinski definition) is 3. The number of benzene rings is 1. The van der Waals surface area contributed by atoms with Crippen molar-refractivity contribution >= 4 is 46.8 Å². The average molecular weight is 454 g/mol. The summed E-state index contributed by atoms with van der Waals surface area (Å²) in [5.41, 5.74) is 0.323. The maximum Gasteiger partial charge on any atom is 0.253 e. The minimum atomic E-state index is -0.565. The standard InChI is InChI=1S/C21H25Cl2N3O2S/c1-29-13-8-19(24-20(27)17-5-4-15(22)14-18(17)23)21(28)26-11-6-16(7-12-26)25-9-2-3-10-25/h2-5,9-10,14,16,19H,6-8,11-13H2,1H3,(H,24,27). The molecule has 1 aliphatic rings. The Bertz CT molecular complexity index is 836. The second-order valence-electron chi connectivity index (χ2n) is 7.12. The van der Waals surface area contributed by atoms with Gasteiger partial charge in [-0.3, -0.25) is 9.59 Å². The topological polar surface area (TPSA) is 54.3 Å². The quantitative estimate of drug-likeness (QED) is 0.670. The summed E-state index contributed by atoms with van der Waals surface area (Å²) in [5, 5.41) is 3.63. The minimum absolute atomic E-state index is 0.0246. The van der Waals surface area contributed by atoms with Crippen LogP contribution in [0.3, 0.4) is 0 Å². The molecule has 29 heavy (non-hydrogen) atoms. The van der Waals surface area contributed by atoms with Gasteiger partial charge >= 0.3 is 0 Å². The minimum Gasteiger partial charge on any atom is -0.351 e. The molecule has 3 rings (SSSR count). The third kappa shape index (κ3) is 5.71. The molecule has 1 unspecified atom stereocenters. The molecule has 1 saturated heterocycles. The number of hydrogen-bond donors (Lipinski definition) is 1. The van der Waals surface area contributed by atoms with Crippen LogP contribution in [0, 0.1) is 0 Å². The Labute approximate surface area is 185 Å². The van der Waals surface area contributed by atoms with Crippen molar-refractivity contribution in [3.8, 4) is 0 Å². The zero-order valence-electron chi connectivity index (χ0n) is 16.3. The Morgan fingerprint density at radius 2 is 1.90 bits per heavy atom. The normalized spacial score (nSPS) is 15.9. The molecule has 5 nitrogen and oxygen atoms in total. The first kappa shape index (κ1) is 22.1. The first-order valence-corrected chi connectivity index (χ1v) is 11.8. The molecule has 0 spiro atoms. The van der Waals surface area contributed by atoms with Crippen molar-refractivity contribution in [1.29, 1.82) is 0 Å². The van der Waals surface area contributed by atoms with Crippen molar-refractivity contribution < 1.29 is 9.59 Å². The number of thioether (sulfide) groups is 1. The van der Waals surface area contributed by atoms with Gasteiger partial charge in [-0.25, -0.2) is 0 Å². The molecular weight excluding hydrogens is 429 g/mol. The average Bonchev–Trinajstić information content (AvgIpc) is 3.25. The highest BCUT2D eigenvalue weighted by Gasteiger charge is 2.30. The maximum atomic E-state index is 13.1. The van der Waals surface area contributed by atoms with E-state index in [1.807, 2.05) is 23.3 Å². The van der Waals surface area contributed by atoms with Gasteiger partial charge in [0.05, 0.1) is 10.6 Å². The van der Waals surface area contributed by atoms with Crippen LogP contribution >= 0.6 is 35.0 Å². The summed E-state index contributed by atoms with van der Waals surface area (Å²) in [6.07, 6.45) is 8.52. The Morgan fingerprint density at radius 3 is 2.52 bits per heavy atom. The Kier molecular flexibility index (Phi) is 7.92. The molecular formula is C21H25Cl2N3O2S. The number of carbonyl (C=O) groups is 2. The highest BCUT2D eigenvalue weighted by molar-refractivity contribution is 7.98. The fourth-order valence-corrected chi connectivity index (χ4v) is 4.56. The summed E-state index contributed by atoms with van der Waals surface area (Å²) in [7, 11) is 0. The lowest BCUT2D eigenvalue weighted by Crippen LogP contribution is -2.51. The third-order valence-electron chi connectivity index (χ3n) is 5.22. The Hall–Kier alpha value is -1.63. The molecule has 0 bridgehead atoms. The van der Waals surface area contributed by atoms with Crippen molar-refractivity contribution in [2.75, 3.05) is 25.1 Å². The van der Waals surface area contributed by atoms with Gasteiger partial charge in [0, 0.05) is 36.5 Å². The van der Waals surface area contributed by atoms with E-state index in [4.69, 9.17) is 23.2 Å². The molecule has 0 aliphatic carbocycles. The summed E-state index contributed by atoms with van der Waals surface area (Å²) in [6.45, 7) is 1.38. The predicted molar refractivity (Wildman–Crippen MR) is 120 cm³/mol. The molecule has 0 radical (unpaired) electrons. The zero-order valence-corrected chi connectivity index (χ0v) is 18.6. The van der Waals surface area contributed by atoms with Crippen molar-refractivity contribution in [1.82, 2.24) is 14.8 Å². The molecule has 1 fully saturated rings. The van der Waals surface area contributed by atoms with Gasteiger partial charge < -0.3 is 14.8 Å². The molecule has 2 amide bonds. The SMILES string of the molecule is CSCCC(NC(=O)c1ccc(Cl)cc1Cl)C(=O)N1CCC(n2cccc2)CC1. The van der Waals surface area contributed by atoms with Crippen LogP contribution in [0.2, 0.25) is 10.0 Å². The smallest absolute Gasteiger partial charge is 0.253 e. The molecule has 2 heterocycles. The third-order valence-corrected chi connectivity index (χ3v) is 6.41. The zero-order chi connectivity index (χ0) is 20.8. The number of rotatable bonds is 7. The monoisotopic (exact) mass is 453 g/mol. The van der Waals surface area contributed by atoms with Crippen LogP contribution in [0.25, 0.3) is 0 Å². The number of nitrogens with zero attached hydrogens (tertiary/aromatic N) is 2. The van der Waals surface area contributed by atoms with Gasteiger partial charge in [0.1, 0.15) is 6.04 Å². The fraction of sp³-hybridized carbons (Fsp3) is 0.429. The summed E-state index contributed by atoms with van der Waals surface area (Å²) in [5.74, 6) is 0.405. The van der Waals surface area contributed by atoms with E-state index in [9.17, 15) is 9.59 Å². The van der Waals surface area contributed by atoms with E-state index in [0.29, 0.717) is 36.1 Å². The number of amides is 2. The predicted octanol–water partition coefficient (Wildman–Crippen LogP) is 4.51. The highest BCUT2D eigenvalue weighted by atomic mass is 35.5. The van der Waals surface area contributed by atoms with Crippen LogP contribution in [-0.2, 0) is 4.79 Å². The molecule has 2 aromatic rings. The van der Waals surface area contributed by atoms with Crippen molar-refractivity contribution in [2.24, 2.45) is 0 Å². The Morgan fingerprint density at radius 1 is 1.21 bits per heavy atom. The number of halogens is 2. The second kappa shape index (κ2) is 10.4. The van der Waals surface area contributed by atoms with Gasteiger partial charge in [0.2, 0.25) is 5.91 Å². The lowest BCUT2D eigenvalue weighted by molar-refractivity contribution is -0.134. The first-order valence-electron chi connectivity index (χ1n) is 9.65. The van der Waals surface area contributed by atoms with E-state index in [1.54, 1.807) is 23.9 Å². The lowest BCUT2D eigenvalue weighted by Gasteiger charge is -2.35. The van der Waals surface area contributed by atoms with Crippen LogP contribution in [0.1, 0.15) is 35.7 Å². The van der Waals surface area contributed by atoms with Crippen LogP contribution in [0.5, 0.6) is 0 Å². The number of nitrogens with one attached hydrogen (secondary N) is 1. The number of piperidine rings is 1. The van der Waals surface area contributed by atoms with Crippen LogP contribution < -0.4 is 5.32 Å². The largest absolute Gasteiger partial charge is 0.351 e. The van der Waals surface area contributed by atoms with E-state index < -0.39 is 6.04 Å². The van der Waals surface area contributed by atoms with Crippen LogP contribution in [0.15, 0.2) is 42.7 Å².